The van der Waals surface area contributed by atoms with Gasteiger partial charge < -0.3 is 24.5 Å². The lowest BCUT2D eigenvalue weighted by atomic mass is 10.2. The van der Waals surface area contributed by atoms with Crippen molar-refractivity contribution >= 4 is 29.3 Å². The summed E-state index contributed by atoms with van der Waals surface area (Å²) in [6.07, 6.45) is 0. The first-order chi connectivity index (χ1) is 14.5. The molecule has 0 aliphatic carbocycles. The van der Waals surface area contributed by atoms with E-state index in [1.54, 1.807) is 43.0 Å². The molecule has 0 aliphatic heterocycles. The van der Waals surface area contributed by atoms with Gasteiger partial charge in [-0.2, -0.15) is 0 Å². The first-order valence-electron chi connectivity index (χ1n) is 8.88. The highest BCUT2D eigenvalue weighted by Crippen LogP contribution is 2.26. The quantitative estimate of drug-likeness (QED) is 0.500. The van der Waals surface area contributed by atoms with E-state index in [1.165, 1.54) is 23.9 Å². The standard InChI is InChI=1S/C20H20N4O5S/c1-24-17(11-29-16-9-4-3-8-15(16)28-2)22-23-20(24)30-12-18(25)21-14-7-5-6-13(10-14)19(26)27/h3-10H,11-12H2,1-2H3,(H,21,25)(H,26,27). The number of anilines is 1. The number of ether oxygens (including phenoxy) is 2. The number of carboxylic acid groups (broad SMARTS) is 1. The molecule has 2 aromatic carbocycles. The van der Waals surface area contributed by atoms with Gasteiger partial charge in [-0.05, 0) is 30.3 Å². The van der Waals surface area contributed by atoms with Crippen LogP contribution in [0.3, 0.4) is 0 Å². The number of carbonyl (C=O) groups excluding carboxylic acids is 1. The Morgan fingerprint density at radius 3 is 2.63 bits per heavy atom. The van der Waals surface area contributed by atoms with Gasteiger partial charge in [-0.1, -0.05) is 30.0 Å². The predicted molar refractivity (Wildman–Crippen MR) is 111 cm³/mol. The number of benzene rings is 2. The lowest BCUT2D eigenvalue weighted by Crippen LogP contribution is -2.15. The van der Waals surface area contributed by atoms with Crippen molar-refractivity contribution < 1.29 is 24.2 Å². The molecule has 3 rings (SSSR count). The SMILES string of the molecule is COc1ccccc1OCc1nnc(SCC(=O)Nc2cccc(C(=O)O)c2)n1C. The van der Waals surface area contributed by atoms with Gasteiger partial charge in [0.05, 0.1) is 18.4 Å². The molecule has 1 aromatic heterocycles. The van der Waals surface area contributed by atoms with Gasteiger partial charge in [0, 0.05) is 12.7 Å². The van der Waals surface area contributed by atoms with E-state index in [1.807, 2.05) is 12.1 Å². The minimum atomic E-state index is -1.05. The van der Waals surface area contributed by atoms with Crippen molar-refractivity contribution in [1.82, 2.24) is 14.8 Å². The highest BCUT2D eigenvalue weighted by molar-refractivity contribution is 7.99. The summed E-state index contributed by atoms with van der Waals surface area (Å²) in [6, 6.07) is 13.4. The summed E-state index contributed by atoms with van der Waals surface area (Å²) in [7, 11) is 3.36. The van der Waals surface area contributed by atoms with Crippen molar-refractivity contribution in [2.45, 2.75) is 11.8 Å². The summed E-state index contributed by atoms with van der Waals surface area (Å²) in [6.45, 7) is 0.193. The lowest BCUT2D eigenvalue weighted by Gasteiger charge is -2.10. The molecule has 0 radical (unpaired) electrons. The van der Waals surface area contributed by atoms with Gasteiger partial charge >= 0.3 is 5.97 Å². The Labute approximate surface area is 177 Å². The Kier molecular flexibility index (Phi) is 6.91. The number of carboxylic acids is 1. The molecule has 0 spiro atoms. The first-order valence-corrected chi connectivity index (χ1v) is 9.86. The van der Waals surface area contributed by atoms with Crippen molar-refractivity contribution in [1.29, 1.82) is 0 Å². The van der Waals surface area contributed by atoms with Gasteiger partial charge in [0.1, 0.15) is 6.61 Å². The van der Waals surface area contributed by atoms with Crippen LogP contribution in [0.2, 0.25) is 0 Å². The lowest BCUT2D eigenvalue weighted by molar-refractivity contribution is -0.113. The predicted octanol–water partition coefficient (Wildman–Crippen LogP) is 2.83. The molecule has 0 bridgehead atoms. The number of aromatic nitrogens is 3. The number of thioether (sulfide) groups is 1. The van der Waals surface area contributed by atoms with Crippen LogP contribution in [0.4, 0.5) is 5.69 Å². The highest BCUT2D eigenvalue weighted by atomic mass is 32.2. The third-order valence-electron chi connectivity index (χ3n) is 4.08. The molecule has 0 atom stereocenters. The van der Waals surface area contributed by atoms with E-state index in [9.17, 15) is 9.59 Å². The average Bonchev–Trinajstić information content (AvgIpc) is 3.10. The molecule has 156 valence electrons. The van der Waals surface area contributed by atoms with E-state index in [-0.39, 0.29) is 23.8 Å². The van der Waals surface area contributed by atoms with Gasteiger partial charge in [-0.25, -0.2) is 4.79 Å². The van der Waals surface area contributed by atoms with Crippen LogP contribution in [0.5, 0.6) is 11.5 Å². The van der Waals surface area contributed by atoms with E-state index in [2.05, 4.69) is 15.5 Å². The first kappa shape index (κ1) is 21.2. The summed E-state index contributed by atoms with van der Waals surface area (Å²) in [5, 5.41) is 20.5. The second-order valence-corrected chi connectivity index (χ2v) is 7.06. The number of methoxy groups -OCH3 is 1. The minimum absolute atomic E-state index is 0.0939. The van der Waals surface area contributed by atoms with E-state index >= 15 is 0 Å². The molecule has 1 heterocycles. The maximum Gasteiger partial charge on any atom is 0.335 e. The molecule has 0 saturated carbocycles. The fraction of sp³-hybridized carbons (Fsp3) is 0.200. The van der Waals surface area contributed by atoms with E-state index in [4.69, 9.17) is 14.6 Å². The molecule has 2 N–H and O–H groups in total. The van der Waals surface area contributed by atoms with Crippen LogP contribution in [0.15, 0.2) is 53.7 Å². The van der Waals surface area contributed by atoms with E-state index in [0.29, 0.717) is 28.2 Å². The molecule has 9 nitrogen and oxygen atoms in total. The summed E-state index contributed by atoms with van der Waals surface area (Å²) in [5.74, 6) is 0.576. The molecule has 0 aliphatic rings. The fourth-order valence-electron chi connectivity index (χ4n) is 2.53. The van der Waals surface area contributed by atoms with Crippen LogP contribution in [0.25, 0.3) is 0 Å². The average molecular weight is 428 g/mol. The third-order valence-corrected chi connectivity index (χ3v) is 5.10. The number of rotatable bonds is 9. The Bertz CT molecular complexity index is 1050. The zero-order valence-electron chi connectivity index (χ0n) is 16.4. The molecule has 3 aromatic rings. The number of nitrogens with one attached hydrogen (secondary N) is 1. The van der Waals surface area contributed by atoms with Crippen LogP contribution >= 0.6 is 11.8 Å². The van der Waals surface area contributed by atoms with Gasteiger partial charge in [0.25, 0.3) is 0 Å². The monoisotopic (exact) mass is 428 g/mol. The van der Waals surface area contributed by atoms with Crippen molar-refractivity contribution in [3.63, 3.8) is 0 Å². The second kappa shape index (κ2) is 9.79. The maximum absolute atomic E-state index is 12.2. The number of hydrogen-bond acceptors (Lipinski definition) is 7. The molecule has 0 saturated heterocycles. The zero-order chi connectivity index (χ0) is 21.5. The van der Waals surface area contributed by atoms with Gasteiger partial charge in [-0.3, -0.25) is 4.79 Å². The van der Waals surface area contributed by atoms with E-state index in [0.717, 1.165) is 0 Å². The van der Waals surface area contributed by atoms with Crippen LogP contribution in [0, 0.1) is 0 Å². The number of para-hydroxylation sites is 2. The van der Waals surface area contributed by atoms with E-state index < -0.39 is 5.97 Å². The zero-order valence-corrected chi connectivity index (χ0v) is 17.2. The Morgan fingerprint density at radius 2 is 1.90 bits per heavy atom. The largest absolute Gasteiger partial charge is 0.493 e. The molecule has 1 amide bonds. The third kappa shape index (κ3) is 5.29. The molecule has 30 heavy (non-hydrogen) atoms. The van der Waals surface area contributed by atoms with Crippen molar-refractivity contribution in [3.05, 3.63) is 59.9 Å². The Balaban J connectivity index is 1.55. The number of nitrogens with zero attached hydrogens (tertiary/aromatic N) is 3. The number of amides is 1. The van der Waals surface area contributed by atoms with Crippen molar-refractivity contribution in [3.8, 4) is 11.5 Å². The maximum atomic E-state index is 12.2. The van der Waals surface area contributed by atoms with Crippen LogP contribution in [-0.2, 0) is 18.4 Å². The summed E-state index contributed by atoms with van der Waals surface area (Å²) >= 11 is 1.22. The summed E-state index contributed by atoms with van der Waals surface area (Å²) < 4.78 is 12.8. The summed E-state index contributed by atoms with van der Waals surface area (Å²) in [5.41, 5.74) is 0.526. The highest BCUT2D eigenvalue weighted by Gasteiger charge is 2.13. The second-order valence-electron chi connectivity index (χ2n) is 6.12. The molecule has 10 heteroatoms. The number of carbonyl (C=O) groups is 2. The van der Waals surface area contributed by atoms with Gasteiger partial charge in [0.15, 0.2) is 22.5 Å². The van der Waals surface area contributed by atoms with Gasteiger partial charge in [-0.15, -0.1) is 10.2 Å². The number of aromatic carboxylic acids is 1. The molecule has 0 unspecified atom stereocenters. The topological polar surface area (TPSA) is 116 Å². The molecular weight excluding hydrogens is 408 g/mol. The minimum Gasteiger partial charge on any atom is -0.493 e. The Morgan fingerprint density at radius 1 is 1.13 bits per heavy atom. The molecule has 0 fully saturated rings. The van der Waals surface area contributed by atoms with Crippen LogP contribution in [0.1, 0.15) is 16.2 Å². The number of hydrogen-bond donors (Lipinski definition) is 2. The molecular formula is C20H20N4O5S. The normalized spacial score (nSPS) is 10.5. The smallest absolute Gasteiger partial charge is 0.335 e. The Hall–Kier alpha value is -3.53. The van der Waals surface area contributed by atoms with Crippen molar-refractivity contribution in [2.75, 3.05) is 18.2 Å². The summed E-state index contributed by atoms with van der Waals surface area (Å²) in [4.78, 5) is 23.2. The van der Waals surface area contributed by atoms with Crippen LogP contribution < -0.4 is 14.8 Å². The van der Waals surface area contributed by atoms with Crippen molar-refractivity contribution in [2.24, 2.45) is 7.05 Å². The fourth-order valence-corrected chi connectivity index (χ4v) is 3.26. The van der Waals surface area contributed by atoms with Crippen LogP contribution in [-0.4, -0.2) is 44.6 Å². The van der Waals surface area contributed by atoms with Gasteiger partial charge in [0.2, 0.25) is 5.91 Å².